The summed E-state index contributed by atoms with van der Waals surface area (Å²) in [4.78, 5) is 12.1. The molecule has 1 atom stereocenters. The fourth-order valence-corrected chi connectivity index (χ4v) is 2.14. The average Bonchev–Trinajstić information content (AvgIpc) is 2.57. The van der Waals surface area contributed by atoms with E-state index in [0.29, 0.717) is 5.56 Å². The number of amides is 2. The molecule has 0 aromatic heterocycles. The minimum Gasteiger partial charge on any atom is -0.432 e. The van der Waals surface area contributed by atoms with Gasteiger partial charge in [-0.1, -0.05) is 30.3 Å². The highest BCUT2D eigenvalue weighted by molar-refractivity contribution is 5.91. The van der Waals surface area contributed by atoms with E-state index in [9.17, 15) is 18.0 Å². The van der Waals surface area contributed by atoms with Crippen molar-refractivity contribution in [3.63, 3.8) is 0 Å². The summed E-state index contributed by atoms with van der Waals surface area (Å²) in [5.41, 5.74) is 0.588. The van der Waals surface area contributed by atoms with Gasteiger partial charge in [-0.3, -0.25) is 0 Å². The Hall–Kier alpha value is -3.21. The van der Waals surface area contributed by atoms with E-state index in [1.54, 1.807) is 30.3 Å². The van der Waals surface area contributed by atoms with Crippen LogP contribution in [0.15, 0.2) is 48.5 Å². The van der Waals surface area contributed by atoms with Crippen molar-refractivity contribution in [2.24, 2.45) is 0 Å². The van der Waals surface area contributed by atoms with E-state index < -0.39 is 30.3 Å². The summed E-state index contributed by atoms with van der Waals surface area (Å²) in [6, 6.07) is 12.3. The quantitative estimate of drug-likeness (QED) is 0.821. The third-order valence-electron chi connectivity index (χ3n) is 3.21. The third-order valence-corrected chi connectivity index (χ3v) is 3.21. The van der Waals surface area contributed by atoms with Gasteiger partial charge in [-0.2, -0.15) is 14.0 Å². The Bertz CT molecular complexity index is 763. The van der Waals surface area contributed by atoms with Crippen LogP contribution in [0, 0.1) is 17.1 Å². The first-order valence-corrected chi connectivity index (χ1v) is 7.23. The number of carbonyl (C=O) groups is 1. The zero-order valence-corrected chi connectivity index (χ0v) is 12.9. The normalized spacial score (nSPS) is 11.5. The van der Waals surface area contributed by atoms with Crippen molar-refractivity contribution in [1.82, 2.24) is 5.32 Å². The van der Waals surface area contributed by atoms with E-state index in [4.69, 9.17) is 5.26 Å². The standard InChI is InChI=1S/C17H14F3N3O2/c18-12-6-7-14(15(10-12)25-16(19)20)23-17(24)22-13(8-9-21)11-4-2-1-3-5-11/h1-7,10,13,16H,8H2,(H2,22,23,24)/t13-/m0/s1. The second-order valence-electron chi connectivity index (χ2n) is 4.94. The Morgan fingerprint density at radius 2 is 1.92 bits per heavy atom. The van der Waals surface area contributed by atoms with Crippen LogP contribution in [-0.2, 0) is 0 Å². The molecule has 130 valence electrons. The fourth-order valence-electron chi connectivity index (χ4n) is 2.14. The van der Waals surface area contributed by atoms with E-state index in [0.717, 1.165) is 18.2 Å². The van der Waals surface area contributed by atoms with Crippen LogP contribution < -0.4 is 15.4 Å². The van der Waals surface area contributed by atoms with Crippen LogP contribution in [0.2, 0.25) is 0 Å². The Balaban J connectivity index is 2.12. The maximum absolute atomic E-state index is 13.2. The number of benzene rings is 2. The summed E-state index contributed by atoms with van der Waals surface area (Å²) in [7, 11) is 0. The van der Waals surface area contributed by atoms with Crippen LogP contribution in [0.25, 0.3) is 0 Å². The molecule has 8 heteroatoms. The zero-order valence-electron chi connectivity index (χ0n) is 12.9. The lowest BCUT2D eigenvalue weighted by Crippen LogP contribution is -2.32. The molecule has 2 rings (SSSR count). The largest absolute Gasteiger partial charge is 0.432 e. The van der Waals surface area contributed by atoms with Gasteiger partial charge in [0.1, 0.15) is 5.82 Å². The Kier molecular flexibility index (Phi) is 6.23. The Morgan fingerprint density at radius 3 is 2.56 bits per heavy atom. The number of nitriles is 1. The van der Waals surface area contributed by atoms with Gasteiger partial charge in [0, 0.05) is 6.07 Å². The van der Waals surface area contributed by atoms with E-state index in [2.05, 4.69) is 15.4 Å². The van der Waals surface area contributed by atoms with Crippen molar-refractivity contribution in [3.05, 3.63) is 59.9 Å². The van der Waals surface area contributed by atoms with Gasteiger partial charge in [0.25, 0.3) is 0 Å². The van der Waals surface area contributed by atoms with Crippen LogP contribution in [0.3, 0.4) is 0 Å². The molecular formula is C17H14F3N3O2. The molecule has 25 heavy (non-hydrogen) atoms. The van der Waals surface area contributed by atoms with Crippen LogP contribution in [0.4, 0.5) is 23.7 Å². The zero-order chi connectivity index (χ0) is 18.2. The molecule has 2 aromatic carbocycles. The summed E-state index contributed by atoms with van der Waals surface area (Å²) in [5, 5.41) is 13.8. The van der Waals surface area contributed by atoms with Gasteiger partial charge < -0.3 is 15.4 Å². The molecule has 2 N–H and O–H groups in total. The molecule has 0 saturated carbocycles. The fraction of sp³-hybridized carbons (Fsp3) is 0.176. The number of ether oxygens (including phenoxy) is 1. The minimum atomic E-state index is -3.17. The number of hydrogen-bond acceptors (Lipinski definition) is 3. The van der Waals surface area contributed by atoms with Gasteiger partial charge >= 0.3 is 12.6 Å². The molecule has 0 bridgehead atoms. The molecule has 0 fully saturated rings. The molecular weight excluding hydrogens is 335 g/mol. The van der Waals surface area contributed by atoms with Crippen molar-refractivity contribution in [3.8, 4) is 11.8 Å². The van der Waals surface area contributed by atoms with Crippen LogP contribution in [-0.4, -0.2) is 12.6 Å². The summed E-state index contributed by atoms with van der Waals surface area (Å²) < 4.78 is 42.2. The van der Waals surface area contributed by atoms with Gasteiger partial charge in [-0.25, -0.2) is 9.18 Å². The topological polar surface area (TPSA) is 74.2 Å². The first-order chi connectivity index (χ1) is 12.0. The van der Waals surface area contributed by atoms with Crippen LogP contribution in [0.5, 0.6) is 5.75 Å². The smallest absolute Gasteiger partial charge is 0.387 e. The summed E-state index contributed by atoms with van der Waals surface area (Å²) in [6.45, 7) is -3.17. The molecule has 2 amide bonds. The monoisotopic (exact) mass is 349 g/mol. The number of rotatable bonds is 6. The number of nitrogens with one attached hydrogen (secondary N) is 2. The van der Waals surface area contributed by atoms with Crippen molar-refractivity contribution in [2.45, 2.75) is 19.1 Å². The van der Waals surface area contributed by atoms with Crippen LogP contribution >= 0.6 is 0 Å². The number of alkyl halides is 2. The maximum Gasteiger partial charge on any atom is 0.387 e. The summed E-state index contributed by atoms with van der Waals surface area (Å²) >= 11 is 0. The molecule has 0 unspecified atom stereocenters. The van der Waals surface area contributed by atoms with Crippen LogP contribution in [0.1, 0.15) is 18.0 Å². The van der Waals surface area contributed by atoms with Gasteiger partial charge in [-0.15, -0.1) is 0 Å². The predicted molar refractivity (Wildman–Crippen MR) is 84.6 cm³/mol. The molecule has 0 heterocycles. The lowest BCUT2D eigenvalue weighted by molar-refractivity contribution is -0.0495. The first kappa shape index (κ1) is 18.1. The van der Waals surface area contributed by atoms with Crippen molar-refractivity contribution < 1.29 is 22.7 Å². The number of halogens is 3. The molecule has 0 aliphatic heterocycles. The molecule has 0 saturated heterocycles. The van der Waals surface area contributed by atoms with E-state index >= 15 is 0 Å². The maximum atomic E-state index is 13.2. The van der Waals surface area contributed by atoms with E-state index in [1.165, 1.54) is 0 Å². The number of carbonyl (C=O) groups excluding carboxylic acids is 1. The van der Waals surface area contributed by atoms with Gasteiger partial charge in [0.2, 0.25) is 0 Å². The second kappa shape index (κ2) is 8.59. The Morgan fingerprint density at radius 1 is 1.20 bits per heavy atom. The van der Waals surface area contributed by atoms with Gasteiger partial charge in [0.05, 0.1) is 24.2 Å². The molecule has 0 aliphatic rings. The summed E-state index contributed by atoms with van der Waals surface area (Å²) in [6.07, 6.45) is 0.0151. The van der Waals surface area contributed by atoms with Gasteiger partial charge in [-0.05, 0) is 17.7 Å². The number of anilines is 1. The molecule has 0 radical (unpaired) electrons. The lowest BCUT2D eigenvalue weighted by atomic mass is 10.0. The first-order valence-electron chi connectivity index (χ1n) is 7.23. The second-order valence-corrected chi connectivity index (χ2v) is 4.94. The number of nitrogens with zero attached hydrogens (tertiary/aromatic N) is 1. The van der Waals surface area contributed by atoms with E-state index in [1.807, 2.05) is 6.07 Å². The van der Waals surface area contributed by atoms with Crippen molar-refractivity contribution >= 4 is 11.7 Å². The predicted octanol–water partition coefficient (Wildman–Crippen LogP) is 4.20. The van der Waals surface area contributed by atoms with E-state index in [-0.39, 0.29) is 12.1 Å². The van der Waals surface area contributed by atoms with Crippen molar-refractivity contribution in [2.75, 3.05) is 5.32 Å². The highest BCUT2D eigenvalue weighted by Gasteiger charge is 2.17. The average molecular weight is 349 g/mol. The molecule has 5 nitrogen and oxygen atoms in total. The highest BCUT2D eigenvalue weighted by Crippen LogP contribution is 2.27. The summed E-state index contributed by atoms with van der Waals surface area (Å²) in [5.74, 6) is -1.28. The highest BCUT2D eigenvalue weighted by atomic mass is 19.3. The molecule has 0 aliphatic carbocycles. The molecule has 2 aromatic rings. The number of urea groups is 1. The lowest BCUT2D eigenvalue weighted by Gasteiger charge is -2.18. The number of hydrogen-bond donors (Lipinski definition) is 2. The SMILES string of the molecule is N#CC[C@H](NC(=O)Nc1ccc(F)cc1OC(F)F)c1ccccc1. The van der Waals surface area contributed by atoms with Gasteiger partial charge in [0.15, 0.2) is 5.75 Å². The minimum absolute atomic E-state index is 0.0151. The third kappa shape index (κ3) is 5.42. The Labute approximate surface area is 142 Å². The van der Waals surface area contributed by atoms with Crippen molar-refractivity contribution in [1.29, 1.82) is 5.26 Å². The molecule has 0 spiro atoms.